The Kier molecular flexibility index (Phi) is 5.43. The fourth-order valence-electron chi connectivity index (χ4n) is 2.73. The molecule has 0 bridgehead atoms. The normalized spacial score (nSPS) is 21.8. The Balaban J connectivity index is 2.20. The lowest BCUT2D eigenvalue weighted by Gasteiger charge is -2.38. The van der Waals surface area contributed by atoms with E-state index in [2.05, 4.69) is 24.1 Å². The van der Waals surface area contributed by atoms with Gasteiger partial charge in [-0.05, 0) is 39.1 Å². The summed E-state index contributed by atoms with van der Waals surface area (Å²) in [5, 5.41) is 3.08. The molecule has 1 aromatic rings. The third kappa shape index (κ3) is 3.48. The molecule has 0 saturated carbocycles. The van der Waals surface area contributed by atoms with Crippen LogP contribution >= 0.6 is 11.3 Å². The van der Waals surface area contributed by atoms with Gasteiger partial charge in [0, 0.05) is 37.1 Å². The van der Waals surface area contributed by atoms with Crippen molar-refractivity contribution in [1.82, 2.24) is 14.5 Å². The lowest BCUT2D eigenvalue weighted by molar-refractivity contribution is 0.136. The summed E-state index contributed by atoms with van der Waals surface area (Å²) in [5.41, 5.74) is 1.05. The van der Waals surface area contributed by atoms with Crippen molar-refractivity contribution in [2.45, 2.75) is 37.6 Å². The molecular weight excluding hydrogens is 306 g/mol. The maximum atomic E-state index is 12.8. The molecule has 1 aliphatic heterocycles. The Morgan fingerprint density at radius 2 is 2.14 bits per heavy atom. The highest BCUT2D eigenvalue weighted by atomic mass is 32.2. The van der Waals surface area contributed by atoms with E-state index >= 15 is 0 Å². The zero-order valence-electron chi connectivity index (χ0n) is 13.2. The molecule has 1 aromatic heterocycles. The number of rotatable bonds is 5. The summed E-state index contributed by atoms with van der Waals surface area (Å²) in [4.78, 5) is 3.41. The number of sulfonamides is 1. The average Bonchev–Trinajstić information content (AvgIpc) is 2.81. The molecule has 1 atom stereocenters. The highest BCUT2D eigenvalue weighted by Gasteiger charge is 2.32. The van der Waals surface area contributed by atoms with Crippen LogP contribution in [0.15, 0.2) is 10.3 Å². The van der Waals surface area contributed by atoms with Crippen molar-refractivity contribution in [2.75, 3.05) is 33.2 Å². The number of hydrogen-bond acceptors (Lipinski definition) is 5. The predicted molar refractivity (Wildman–Crippen MR) is 87.3 cm³/mol. The minimum atomic E-state index is -3.35. The SMILES string of the molecule is CCN1CCN(S(=O)(=O)c2cc(C)c(CNC)s2)CC1C. The number of piperazine rings is 1. The first kappa shape index (κ1) is 16.9. The molecule has 120 valence electrons. The number of nitrogens with zero attached hydrogens (tertiary/aromatic N) is 2. The van der Waals surface area contributed by atoms with E-state index in [9.17, 15) is 8.42 Å². The van der Waals surface area contributed by atoms with Gasteiger partial charge in [-0.15, -0.1) is 11.3 Å². The van der Waals surface area contributed by atoms with E-state index in [0.717, 1.165) is 23.5 Å². The topological polar surface area (TPSA) is 52.7 Å². The quantitative estimate of drug-likeness (QED) is 0.888. The molecule has 0 aromatic carbocycles. The van der Waals surface area contributed by atoms with Crippen LogP contribution in [0.25, 0.3) is 0 Å². The molecule has 0 radical (unpaired) electrons. The Morgan fingerprint density at radius 3 is 2.71 bits per heavy atom. The van der Waals surface area contributed by atoms with Crippen molar-refractivity contribution >= 4 is 21.4 Å². The zero-order chi connectivity index (χ0) is 15.6. The van der Waals surface area contributed by atoms with Crippen molar-refractivity contribution < 1.29 is 8.42 Å². The molecule has 0 amide bonds. The van der Waals surface area contributed by atoms with Gasteiger partial charge < -0.3 is 5.32 Å². The lowest BCUT2D eigenvalue weighted by Crippen LogP contribution is -2.53. The highest BCUT2D eigenvalue weighted by Crippen LogP contribution is 2.29. The van der Waals surface area contributed by atoms with E-state index in [1.165, 1.54) is 11.3 Å². The fourth-order valence-corrected chi connectivity index (χ4v) is 6.00. The summed E-state index contributed by atoms with van der Waals surface area (Å²) in [6.07, 6.45) is 0. The minimum Gasteiger partial charge on any atom is -0.315 e. The maximum absolute atomic E-state index is 12.8. The van der Waals surface area contributed by atoms with Gasteiger partial charge in [0.1, 0.15) is 4.21 Å². The Labute approximate surface area is 132 Å². The van der Waals surface area contributed by atoms with Gasteiger partial charge in [0.25, 0.3) is 10.0 Å². The van der Waals surface area contributed by atoms with Crippen molar-refractivity contribution in [1.29, 1.82) is 0 Å². The second-order valence-corrected chi connectivity index (χ2v) is 8.84. The van der Waals surface area contributed by atoms with Crippen LogP contribution < -0.4 is 5.32 Å². The summed E-state index contributed by atoms with van der Waals surface area (Å²) in [6, 6.07) is 2.08. The van der Waals surface area contributed by atoms with Gasteiger partial charge in [0.05, 0.1) is 0 Å². The second-order valence-electron chi connectivity index (χ2n) is 5.54. The van der Waals surface area contributed by atoms with Gasteiger partial charge in [-0.25, -0.2) is 8.42 Å². The first-order chi connectivity index (χ1) is 9.90. The minimum absolute atomic E-state index is 0.274. The lowest BCUT2D eigenvalue weighted by atomic mass is 10.2. The molecule has 1 N–H and O–H groups in total. The van der Waals surface area contributed by atoms with E-state index in [-0.39, 0.29) is 6.04 Å². The summed E-state index contributed by atoms with van der Waals surface area (Å²) < 4.78 is 27.7. The van der Waals surface area contributed by atoms with Crippen LogP contribution in [0.3, 0.4) is 0 Å². The zero-order valence-corrected chi connectivity index (χ0v) is 14.9. The maximum Gasteiger partial charge on any atom is 0.252 e. The molecule has 1 unspecified atom stereocenters. The van der Waals surface area contributed by atoms with Crippen molar-refractivity contribution in [3.8, 4) is 0 Å². The smallest absolute Gasteiger partial charge is 0.252 e. The largest absolute Gasteiger partial charge is 0.315 e. The van der Waals surface area contributed by atoms with Gasteiger partial charge in [0.2, 0.25) is 0 Å². The molecule has 1 aliphatic rings. The summed E-state index contributed by atoms with van der Waals surface area (Å²) in [5.74, 6) is 0. The van der Waals surface area contributed by atoms with Gasteiger partial charge in [-0.1, -0.05) is 6.92 Å². The van der Waals surface area contributed by atoms with Gasteiger partial charge >= 0.3 is 0 Å². The van der Waals surface area contributed by atoms with Crippen molar-refractivity contribution in [3.63, 3.8) is 0 Å². The Bertz CT molecular complexity index is 583. The number of nitrogens with one attached hydrogen (secondary N) is 1. The van der Waals surface area contributed by atoms with Gasteiger partial charge in [0.15, 0.2) is 0 Å². The Morgan fingerprint density at radius 1 is 1.43 bits per heavy atom. The summed E-state index contributed by atoms with van der Waals surface area (Å²) in [7, 11) is -1.48. The average molecular weight is 332 g/mol. The first-order valence-electron chi connectivity index (χ1n) is 7.38. The number of thiophene rings is 1. The molecule has 0 aliphatic carbocycles. The van der Waals surface area contributed by atoms with E-state index in [1.807, 2.05) is 20.0 Å². The predicted octanol–water partition coefficient (Wildman–Crippen LogP) is 1.49. The standard InChI is InChI=1S/C14H25N3O2S2/c1-5-16-6-7-17(10-12(16)3)21(18,19)14-8-11(2)13(20-14)9-15-4/h8,12,15H,5-7,9-10H2,1-4H3. The van der Waals surface area contributed by atoms with E-state index < -0.39 is 10.0 Å². The van der Waals surface area contributed by atoms with Crippen LogP contribution in [0.1, 0.15) is 24.3 Å². The van der Waals surface area contributed by atoms with Crippen LogP contribution in [0.5, 0.6) is 0 Å². The van der Waals surface area contributed by atoms with E-state index in [4.69, 9.17) is 0 Å². The van der Waals surface area contributed by atoms with Crippen molar-refractivity contribution in [2.24, 2.45) is 0 Å². The van der Waals surface area contributed by atoms with Crippen LogP contribution in [0.2, 0.25) is 0 Å². The van der Waals surface area contributed by atoms with Crippen LogP contribution in [-0.2, 0) is 16.6 Å². The monoisotopic (exact) mass is 331 g/mol. The molecule has 21 heavy (non-hydrogen) atoms. The van der Waals surface area contributed by atoms with E-state index in [0.29, 0.717) is 23.8 Å². The molecule has 2 rings (SSSR count). The number of likely N-dealkylation sites (N-methyl/N-ethyl adjacent to an activating group) is 1. The van der Waals surface area contributed by atoms with Crippen LogP contribution in [0.4, 0.5) is 0 Å². The second kappa shape index (κ2) is 6.75. The molecule has 0 spiro atoms. The molecule has 7 heteroatoms. The van der Waals surface area contributed by atoms with Gasteiger partial charge in [-0.2, -0.15) is 4.31 Å². The van der Waals surface area contributed by atoms with Gasteiger partial charge in [-0.3, -0.25) is 4.90 Å². The summed E-state index contributed by atoms with van der Waals surface area (Å²) >= 11 is 1.39. The number of aryl methyl sites for hydroxylation is 1. The molecule has 1 saturated heterocycles. The highest BCUT2D eigenvalue weighted by molar-refractivity contribution is 7.91. The van der Waals surface area contributed by atoms with Crippen molar-refractivity contribution in [3.05, 3.63) is 16.5 Å². The van der Waals surface area contributed by atoms with E-state index in [1.54, 1.807) is 4.31 Å². The first-order valence-corrected chi connectivity index (χ1v) is 9.64. The fraction of sp³-hybridized carbons (Fsp3) is 0.714. The third-order valence-electron chi connectivity index (χ3n) is 4.06. The molecule has 5 nitrogen and oxygen atoms in total. The number of hydrogen-bond donors (Lipinski definition) is 1. The van der Waals surface area contributed by atoms with Crippen LogP contribution in [-0.4, -0.2) is 56.9 Å². The molecular formula is C14H25N3O2S2. The Hall–Kier alpha value is -0.470. The summed E-state index contributed by atoms with van der Waals surface area (Å²) in [6.45, 7) is 9.84. The molecule has 1 fully saturated rings. The molecule has 2 heterocycles. The van der Waals surface area contributed by atoms with Crippen LogP contribution in [0, 0.1) is 6.92 Å². The third-order valence-corrected chi connectivity index (χ3v) is 7.61.